The molecule has 5 nitrogen and oxygen atoms in total. The largest absolute Gasteiger partial charge is 0.316 e. The Balaban J connectivity index is 0.00000200. The molecule has 0 saturated carbocycles. The molecule has 0 aromatic heterocycles. The molecule has 1 atom stereocenters. The minimum atomic E-state index is -0.360. The van der Waals surface area contributed by atoms with E-state index in [9.17, 15) is 10.1 Å². The summed E-state index contributed by atoms with van der Waals surface area (Å²) in [7, 11) is 1.96. The molecule has 20 heavy (non-hydrogen) atoms. The van der Waals surface area contributed by atoms with Crippen molar-refractivity contribution in [2.75, 3.05) is 20.1 Å². The molecule has 0 amide bonds. The molecule has 1 fully saturated rings. The summed E-state index contributed by atoms with van der Waals surface area (Å²) in [4.78, 5) is 12.9. The minimum absolute atomic E-state index is 0. The van der Waals surface area contributed by atoms with Gasteiger partial charge in [-0.3, -0.25) is 15.0 Å². The fraction of sp³-hybridized carbons (Fsp3) is 0.538. The number of hydrogen-bond acceptors (Lipinski definition) is 4. The topological polar surface area (TPSA) is 58.4 Å². The highest BCUT2D eigenvalue weighted by molar-refractivity contribution is 6.30. The molecule has 7 heteroatoms. The maximum atomic E-state index is 11.1. The van der Waals surface area contributed by atoms with Crippen molar-refractivity contribution in [2.24, 2.45) is 0 Å². The number of rotatable bonds is 4. The number of piperidine rings is 1. The lowest BCUT2D eigenvalue weighted by Crippen LogP contribution is -2.43. The van der Waals surface area contributed by atoms with Gasteiger partial charge < -0.3 is 5.32 Å². The van der Waals surface area contributed by atoms with E-state index in [0.717, 1.165) is 31.5 Å². The first kappa shape index (κ1) is 17.2. The van der Waals surface area contributed by atoms with E-state index < -0.39 is 0 Å². The maximum absolute atomic E-state index is 11.1. The molecule has 0 spiro atoms. The number of nitrogens with one attached hydrogen (secondary N) is 1. The van der Waals surface area contributed by atoms with E-state index in [1.807, 2.05) is 7.05 Å². The van der Waals surface area contributed by atoms with Crippen molar-refractivity contribution < 1.29 is 4.92 Å². The molecule has 0 aliphatic carbocycles. The van der Waals surface area contributed by atoms with Crippen LogP contribution >= 0.6 is 24.0 Å². The zero-order valence-corrected chi connectivity index (χ0v) is 12.9. The van der Waals surface area contributed by atoms with Crippen LogP contribution in [0.15, 0.2) is 18.2 Å². The average Bonchev–Trinajstić information content (AvgIpc) is 2.41. The fourth-order valence-electron chi connectivity index (χ4n) is 2.52. The van der Waals surface area contributed by atoms with E-state index in [4.69, 9.17) is 11.6 Å². The van der Waals surface area contributed by atoms with Crippen LogP contribution in [0.5, 0.6) is 0 Å². The number of hydrogen-bond donors (Lipinski definition) is 1. The van der Waals surface area contributed by atoms with Crippen LogP contribution in [0.4, 0.5) is 5.69 Å². The van der Waals surface area contributed by atoms with Crippen LogP contribution < -0.4 is 5.32 Å². The number of halogens is 2. The molecular formula is C13H19Cl2N3O2. The second-order valence-corrected chi connectivity index (χ2v) is 5.33. The van der Waals surface area contributed by atoms with E-state index in [2.05, 4.69) is 10.2 Å². The van der Waals surface area contributed by atoms with E-state index in [1.165, 1.54) is 6.07 Å². The molecular weight excluding hydrogens is 301 g/mol. The molecule has 1 saturated heterocycles. The molecule has 0 radical (unpaired) electrons. The standard InChI is InChI=1S/C13H18ClN3O2.ClH/c1-15-12-3-2-6-16(9-12)8-10-4-5-11(14)7-13(10)17(18)19;/h4-5,7,12,15H,2-3,6,8-9H2,1H3;1H. The molecule has 1 N–H and O–H groups in total. The summed E-state index contributed by atoms with van der Waals surface area (Å²) < 4.78 is 0. The van der Waals surface area contributed by atoms with Gasteiger partial charge in [0.05, 0.1) is 4.92 Å². The van der Waals surface area contributed by atoms with Crippen molar-refractivity contribution >= 4 is 29.7 Å². The van der Waals surface area contributed by atoms with Gasteiger partial charge >= 0.3 is 0 Å². The smallest absolute Gasteiger partial charge is 0.275 e. The van der Waals surface area contributed by atoms with Crippen LogP contribution in [0.3, 0.4) is 0 Å². The average molecular weight is 320 g/mol. The van der Waals surface area contributed by atoms with Gasteiger partial charge in [-0.15, -0.1) is 12.4 Å². The highest BCUT2D eigenvalue weighted by Crippen LogP contribution is 2.25. The molecule has 1 aliphatic heterocycles. The van der Waals surface area contributed by atoms with E-state index in [-0.39, 0.29) is 23.0 Å². The Morgan fingerprint density at radius 2 is 2.30 bits per heavy atom. The van der Waals surface area contributed by atoms with E-state index in [0.29, 0.717) is 17.6 Å². The molecule has 1 aliphatic rings. The van der Waals surface area contributed by atoms with Gasteiger partial charge in [0.15, 0.2) is 0 Å². The molecule has 1 aromatic rings. The summed E-state index contributed by atoms with van der Waals surface area (Å²) in [6, 6.07) is 5.36. The first-order chi connectivity index (χ1) is 9.10. The predicted molar refractivity (Wildman–Crippen MR) is 82.7 cm³/mol. The van der Waals surface area contributed by atoms with Crippen LogP contribution in [0, 0.1) is 10.1 Å². The SMILES string of the molecule is CNC1CCCN(Cc2ccc(Cl)cc2[N+](=O)[O-])C1.Cl. The second kappa shape index (κ2) is 7.78. The minimum Gasteiger partial charge on any atom is -0.316 e. The lowest BCUT2D eigenvalue weighted by Gasteiger charge is -2.32. The lowest BCUT2D eigenvalue weighted by atomic mass is 10.0. The molecule has 0 bridgehead atoms. The Bertz CT molecular complexity index is 471. The first-order valence-electron chi connectivity index (χ1n) is 6.42. The van der Waals surface area contributed by atoms with Crippen LogP contribution in [-0.2, 0) is 6.54 Å². The zero-order chi connectivity index (χ0) is 13.8. The van der Waals surface area contributed by atoms with E-state index in [1.54, 1.807) is 12.1 Å². The van der Waals surface area contributed by atoms with Gasteiger partial charge in [-0.2, -0.15) is 0 Å². The van der Waals surface area contributed by atoms with Crippen molar-refractivity contribution in [1.82, 2.24) is 10.2 Å². The van der Waals surface area contributed by atoms with Gasteiger partial charge in [0.25, 0.3) is 5.69 Å². The summed E-state index contributed by atoms with van der Waals surface area (Å²) in [5.41, 5.74) is 0.838. The van der Waals surface area contributed by atoms with Gasteiger partial charge in [0, 0.05) is 35.8 Å². The molecule has 1 aromatic carbocycles. The molecule has 112 valence electrons. The number of nitro benzene ring substituents is 1. The Kier molecular flexibility index (Phi) is 6.68. The summed E-state index contributed by atoms with van der Waals surface area (Å²) >= 11 is 5.82. The van der Waals surface area contributed by atoms with Gasteiger partial charge in [-0.05, 0) is 38.6 Å². The molecule has 1 unspecified atom stereocenters. The Hall–Kier alpha value is -0.880. The normalized spacial score (nSPS) is 19.4. The summed E-state index contributed by atoms with van der Waals surface area (Å²) in [5, 5.41) is 14.7. The number of benzene rings is 1. The first-order valence-corrected chi connectivity index (χ1v) is 6.80. The van der Waals surface area contributed by atoms with Gasteiger partial charge in [-0.1, -0.05) is 11.6 Å². The quantitative estimate of drug-likeness (QED) is 0.684. The third-order valence-corrected chi connectivity index (χ3v) is 3.79. The van der Waals surface area contributed by atoms with Crippen molar-refractivity contribution in [2.45, 2.75) is 25.4 Å². The van der Waals surface area contributed by atoms with Crippen LogP contribution in [0.25, 0.3) is 0 Å². The Labute approximate surface area is 129 Å². The third kappa shape index (κ3) is 4.31. The highest BCUT2D eigenvalue weighted by Gasteiger charge is 2.22. The highest BCUT2D eigenvalue weighted by atomic mass is 35.5. The third-order valence-electron chi connectivity index (χ3n) is 3.55. The zero-order valence-electron chi connectivity index (χ0n) is 11.3. The number of nitrogens with zero attached hydrogens (tertiary/aromatic N) is 2. The van der Waals surface area contributed by atoms with Crippen molar-refractivity contribution in [3.8, 4) is 0 Å². The lowest BCUT2D eigenvalue weighted by molar-refractivity contribution is -0.385. The summed E-state index contributed by atoms with van der Waals surface area (Å²) in [6.07, 6.45) is 2.28. The van der Waals surface area contributed by atoms with Crippen LogP contribution in [0.1, 0.15) is 18.4 Å². The Morgan fingerprint density at radius 1 is 1.55 bits per heavy atom. The van der Waals surface area contributed by atoms with Crippen molar-refractivity contribution in [3.05, 3.63) is 38.9 Å². The number of nitro groups is 1. The summed E-state index contributed by atoms with van der Waals surface area (Å²) in [6.45, 7) is 2.51. The molecule has 2 rings (SSSR count). The van der Waals surface area contributed by atoms with Crippen LogP contribution in [-0.4, -0.2) is 36.0 Å². The fourth-order valence-corrected chi connectivity index (χ4v) is 2.68. The molecule has 1 heterocycles. The van der Waals surface area contributed by atoms with Crippen molar-refractivity contribution in [3.63, 3.8) is 0 Å². The van der Waals surface area contributed by atoms with Crippen LogP contribution in [0.2, 0.25) is 5.02 Å². The number of likely N-dealkylation sites (N-methyl/N-ethyl adjacent to an activating group) is 1. The van der Waals surface area contributed by atoms with Gasteiger partial charge in [-0.25, -0.2) is 0 Å². The Morgan fingerprint density at radius 3 is 2.95 bits per heavy atom. The maximum Gasteiger partial charge on any atom is 0.275 e. The van der Waals surface area contributed by atoms with Gasteiger partial charge in [0.1, 0.15) is 0 Å². The summed E-state index contributed by atoms with van der Waals surface area (Å²) in [5.74, 6) is 0. The predicted octanol–water partition coefficient (Wildman–Crippen LogP) is 2.85. The second-order valence-electron chi connectivity index (χ2n) is 4.89. The monoisotopic (exact) mass is 319 g/mol. The number of likely N-dealkylation sites (tertiary alicyclic amines) is 1. The van der Waals surface area contributed by atoms with Crippen molar-refractivity contribution in [1.29, 1.82) is 0 Å². The van der Waals surface area contributed by atoms with Gasteiger partial charge in [0.2, 0.25) is 0 Å². The van der Waals surface area contributed by atoms with E-state index >= 15 is 0 Å².